The number of carbonyl (C=O) groups is 2. The average molecular weight is 268 g/mol. The topological polar surface area (TPSA) is 70.5 Å². The van der Waals surface area contributed by atoms with Crippen LogP contribution in [-0.4, -0.2) is 33.4 Å². The van der Waals surface area contributed by atoms with Gasteiger partial charge in [-0.1, -0.05) is 13.8 Å². The first kappa shape index (κ1) is 13.0. The first-order valence-corrected chi connectivity index (χ1v) is 6.80. The number of carboxylic acids is 1. The Bertz CT molecular complexity index is 470. The zero-order valence-corrected chi connectivity index (χ0v) is 11.2. The summed E-state index contributed by atoms with van der Waals surface area (Å²) < 4.78 is 0. The molecule has 1 unspecified atom stereocenters. The number of carbonyl (C=O) groups excluding carboxylic acids is 1. The lowest BCUT2D eigenvalue weighted by Gasteiger charge is -2.14. The van der Waals surface area contributed by atoms with Gasteiger partial charge in [0, 0.05) is 24.3 Å². The van der Waals surface area contributed by atoms with Gasteiger partial charge in [0.05, 0.1) is 23.2 Å². The maximum Gasteiger partial charge on any atom is 0.308 e. The van der Waals surface area contributed by atoms with Crippen LogP contribution < -0.4 is 0 Å². The fourth-order valence-electron chi connectivity index (χ4n) is 1.95. The summed E-state index contributed by atoms with van der Waals surface area (Å²) in [4.78, 5) is 28.6. The van der Waals surface area contributed by atoms with E-state index in [0.717, 1.165) is 10.7 Å². The first-order chi connectivity index (χ1) is 8.47. The zero-order valence-electron chi connectivity index (χ0n) is 10.4. The minimum absolute atomic E-state index is 0.0958. The molecule has 0 bridgehead atoms. The van der Waals surface area contributed by atoms with Crippen LogP contribution in [0.1, 0.15) is 36.9 Å². The number of hydrogen-bond acceptors (Lipinski definition) is 4. The van der Waals surface area contributed by atoms with Gasteiger partial charge in [-0.25, -0.2) is 4.98 Å². The zero-order chi connectivity index (χ0) is 13.3. The highest BCUT2D eigenvalue weighted by Gasteiger charge is 2.34. The molecule has 1 aliphatic heterocycles. The largest absolute Gasteiger partial charge is 0.481 e. The average Bonchev–Trinajstić information content (AvgIpc) is 2.87. The number of rotatable bonds is 4. The van der Waals surface area contributed by atoms with E-state index in [0.29, 0.717) is 19.0 Å². The third kappa shape index (κ3) is 2.69. The second-order valence-electron chi connectivity index (χ2n) is 4.85. The van der Waals surface area contributed by atoms with Gasteiger partial charge in [-0.05, 0) is 0 Å². The fraction of sp³-hybridized carbons (Fsp3) is 0.583. The molecule has 1 atom stereocenters. The lowest BCUT2D eigenvalue weighted by molar-refractivity contribution is -0.141. The predicted octanol–water partition coefficient (Wildman–Crippen LogP) is 1.70. The molecule has 1 fully saturated rings. The van der Waals surface area contributed by atoms with Crippen LogP contribution in [0.5, 0.6) is 0 Å². The number of carboxylic acid groups (broad SMARTS) is 1. The standard InChI is InChI=1S/C12H16N2O3S/c1-7(2)11-13-9(6-18-11)5-14-4-8(12(16)17)3-10(14)15/h6-8H,3-5H2,1-2H3,(H,16,17). The normalized spacial score (nSPS) is 19.8. The predicted molar refractivity (Wildman–Crippen MR) is 67.4 cm³/mol. The van der Waals surface area contributed by atoms with Crippen LogP contribution in [-0.2, 0) is 16.1 Å². The first-order valence-electron chi connectivity index (χ1n) is 5.92. The molecule has 6 heteroatoms. The molecule has 98 valence electrons. The number of hydrogen-bond donors (Lipinski definition) is 1. The smallest absolute Gasteiger partial charge is 0.308 e. The molecule has 1 amide bonds. The molecule has 2 rings (SSSR count). The number of amides is 1. The summed E-state index contributed by atoms with van der Waals surface area (Å²) in [5.41, 5.74) is 0.850. The van der Waals surface area contributed by atoms with Crippen molar-refractivity contribution in [3.8, 4) is 0 Å². The maximum absolute atomic E-state index is 11.7. The van der Waals surface area contributed by atoms with E-state index in [4.69, 9.17) is 5.11 Å². The van der Waals surface area contributed by atoms with Crippen molar-refractivity contribution in [2.24, 2.45) is 5.92 Å². The van der Waals surface area contributed by atoms with E-state index in [1.807, 2.05) is 5.38 Å². The van der Waals surface area contributed by atoms with Crippen LogP contribution in [0.2, 0.25) is 0 Å². The monoisotopic (exact) mass is 268 g/mol. The van der Waals surface area contributed by atoms with Crippen molar-refractivity contribution >= 4 is 23.2 Å². The molecule has 1 saturated heterocycles. The van der Waals surface area contributed by atoms with Gasteiger partial charge < -0.3 is 10.0 Å². The minimum atomic E-state index is -0.896. The van der Waals surface area contributed by atoms with Crippen LogP contribution in [0.25, 0.3) is 0 Å². The Balaban J connectivity index is 2.01. The van der Waals surface area contributed by atoms with E-state index in [-0.39, 0.29) is 12.3 Å². The summed E-state index contributed by atoms with van der Waals surface area (Å²) in [5.74, 6) is -1.18. The van der Waals surface area contributed by atoms with Crippen LogP contribution in [0, 0.1) is 5.92 Å². The van der Waals surface area contributed by atoms with Crippen LogP contribution in [0.3, 0.4) is 0 Å². The number of aliphatic carboxylic acids is 1. The molecular weight excluding hydrogens is 252 g/mol. The van der Waals surface area contributed by atoms with E-state index in [9.17, 15) is 9.59 Å². The highest BCUT2D eigenvalue weighted by molar-refractivity contribution is 7.09. The summed E-state index contributed by atoms with van der Waals surface area (Å²) in [6.45, 7) is 4.86. The summed E-state index contributed by atoms with van der Waals surface area (Å²) in [6.07, 6.45) is 0.108. The Labute approximate surface area is 109 Å². The van der Waals surface area contributed by atoms with E-state index >= 15 is 0 Å². The van der Waals surface area contributed by atoms with E-state index in [2.05, 4.69) is 18.8 Å². The fourth-order valence-corrected chi connectivity index (χ4v) is 2.77. The van der Waals surface area contributed by atoms with Gasteiger partial charge in [0.15, 0.2) is 0 Å². The molecule has 1 aliphatic rings. The van der Waals surface area contributed by atoms with E-state index < -0.39 is 11.9 Å². The Morgan fingerprint density at radius 1 is 1.67 bits per heavy atom. The van der Waals surface area contributed by atoms with Gasteiger partial charge in [0.25, 0.3) is 0 Å². The molecule has 2 heterocycles. The van der Waals surface area contributed by atoms with Crippen molar-refractivity contribution in [1.29, 1.82) is 0 Å². The van der Waals surface area contributed by atoms with Crippen molar-refractivity contribution in [2.75, 3.05) is 6.54 Å². The number of nitrogens with zero attached hydrogens (tertiary/aromatic N) is 2. The summed E-state index contributed by atoms with van der Waals surface area (Å²) in [6, 6.07) is 0. The molecule has 0 spiro atoms. The van der Waals surface area contributed by atoms with Crippen LogP contribution in [0.15, 0.2) is 5.38 Å². The van der Waals surface area contributed by atoms with Crippen LogP contribution in [0.4, 0.5) is 0 Å². The van der Waals surface area contributed by atoms with Crippen molar-refractivity contribution in [3.05, 3.63) is 16.1 Å². The number of likely N-dealkylation sites (tertiary alicyclic amines) is 1. The second-order valence-corrected chi connectivity index (χ2v) is 5.74. The summed E-state index contributed by atoms with van der Waals surface area (Å²) in [7, 11) is 0. The molecule has 1 N–H and O–H groups in total. The van der Waals surface area contributed by atoms with E-state index in [1.54, 1.807) is 16.2 Å². The number of thiazole rings is 1. The Hall–Kier alpha value is -1.43. The third-order valence-corrected chi connectivity index (χ3v) is 4.17. The van der Waals surface area contributed by atoms with Gasteiger partial charge in [0.1, 0.15) is 0 Å². The summed E-state index contributed by atoms with van der Waals surface area (Å²) >= 11 is 1.58. The van der Waals surface area contributed by atoms with Gasteiger partial charge >= 0.3 is 5.97 Å². The molecule has 1 aromatic heterocycles. The lowest BCUT2D eigenvalue weighted by Crippen LogP contribution is -2.25. The molecule has 5 nitrogen and oxygen atoms in total. The van der Waals surface area contributed by atoms with Crippen molar-refractivity contribution in [3.63, 3.8) is 0 Å². The van der Waals surface area contributed by atoms with Crippen molar-refractivity contribution < 1.29 is 14.7 Å². The third-order valence-electron chi connectivity index (χ3n) is 2.98. The lowest BCUT2D eigenvalue weighted by atomic mass is 10.1. The number of aromatic nitrogens is 1. The molecule has 18 heavy (non-hydrogen) atoms. The Kier molecular flexibility index (Phi) is 3.65. The maximum atomic E-state index is 11.7. The molecule has 0 aliphatic carbocycles. The van der Waals surface area contributed by atoms with Crippen LogP contribution >= 0.6 is 11.3 Å². The van der Waals surface area contributed by atoms with Gasteiger partial charge in [-0.15, -0.1) is 11.3 Å². The van der Waals surface area contributed by atoms with Gasteiger partial charge in [0.2, 0.25) is 5.91 Å². The minimum Gasteiger partial charge on any atom is -0.481 e. The molecule has 0 aromatic carbocycles. The van der Waals surface area contributed by atoms with Gasteiger partial charge in [-0.2, -0.15) is 0 Å². The quantitative estimate of drug-likeness (QED) is 0.902. The molecule has 0 saturated carbocycles. The van der Waals surface area contributed by atoms with Gasteiger partial charge in [-0.3, -0.25) is 9.59 Å². The molecular formula is C12H16N2O3S. The van der Waals surface area contributed by atoms with Crippen molar-refractivity contribution in [2.45, 2.75) is 32.7 Å². The highest BCUT2D eigenvalue weighted by atomic mass is 32.1. The molecule has 0 radical (unpaired) electrons. The molecule has 1 aromatic rings. The Morgan fingerprint density at radius 2 is 2.39 bits per heavy atom. The highest BCUT2D eigenvalue weighted by Crippen LogP contribution is 2.23. The second kappa shape index (κ2) is 5.06. The Morgan fingerprint density at radius 3 is 2.89 bits per heavy atom. The van der Waals surface area contributed by atoms with Crippen molar-refractivity contribution in [1.82, 2.24) is 9.88 Å². The summed E-state index contributed by atoms with van der Waals surface area (Å²) in [5, 5.41) is 11.9. The van der Waals surface area contributed by atoms with E-state index in [1.165, 1.54) is 0 Å². The SMILES string of the molecule is CC(C)c1nc(CN2CC(C(=O)O)CC2=O)cs1.